The maximum absolute atomic E-state index is 14.9. The number of halogens is 2. The Bertz CT molecular complexity index is 1140. The normalized spacial score (nSPS) is 16.7. The fourth-order valence-corrected chi connectivity index (χ4v) is 4.93. The van der Waals surface area contributed by atoms with Gasteiger partial charge in [0.15, 0.2) is 0 Å². The van der Waals surface area contributed by atoms with Gasteiger partial charge in [0.05, 0.1) is 19.3 Å². The van der Waals surface area contributed by atoms with Crippen molar-refractivity contribution in [3.05, 3.63) is 59.2 Å². The number of carboxylic acid groups (broad SMARTS) is 1. The van der Waals surface area contributed by atoms with Gasteiger partial charge in [-0.1, -0.05) is 30.3 Å². The van der Waals surface area contributed by atoms with Crippen LogP contribution in [0.15, 0.2) is 42.5 Å². The van der Waals surface area contributed by atoms with Crippen LogP contribution in [0.25, 0.3) is 0 Å². The number of aliphatic carboxylic acids is 1. The molecule has 2 amide bonds. The van der Waals surface area contributed by atoms with Gasteiger partial charge in [0.25, 0.3) is 5.92 Å². The lowest BCUT2D eigenvalue weighted by atomic mass is 9.99. The van der Waals surface area contributed by atoms with E-state index < -0.39 is 35.9 Å². The number of carboxylic acids is 1. The van der Waals surface area contributed by atoms with Crippen LogP contribution < -0.4 is 14.8 Å². The van der Waals surface area contributed by atoms with Crippen LogP contribution in [-0.4, -0.2) is 47.3 Å². The number of carbonyl (C=O) groups excluding carboxylic acids is 1. The Balaban J connectivity index is 1.60. The lowest BCUT2D eigenvalue weighted by molar-refractivity contribution is -0.140. The summed E-state index contributed by atoms with van der Waals surface area (Å²) >= 11 is 0. The molecule has 2 aromatic rings. The van der Waals surface area contributed by atoms with Crippen molar-refractivity contribution >= 4 is 12.0 Å². The summed E-state index contributed by atoms with van der Waals surface area (Å²) in [6.45, 7) is 6.56. The third-order valence-corrected chi connectivity index (χ3v) is 7.51. The molecule has 0 spiro atoms. The molecule has 2 fully saturated rings. The van der Waals surface area contributed by atoms with Crippen molar-refractivity contribution in [2.24, 2.45) is 0 Å². The highest BCUT2D eigenvalue weighted by Crippen LogP contribution is 2.50. The first-order valence-electron chi connectivity index (χ1n) is 13.8. The molecule has 39 heavy (non-hydrogen) atoms. The molecule has 2 N–H and O–H groups in total. The molecule has 2 aliphatic carbocycles. The van der Waals surface area contributed by atoms with E-state index in [1.807, 2.05) is 32.9 Å². The highest BCUT2D eigenvalue weighted by atomic mass is 19.3. The van der Waals surface area contributed by atoms with Gasteiger partial charge in [0.1, 0.15) is 17.0 Å². The topological polar surface area (TPSA) is 88.1 Å². The predicted octanol–water partition coefficient (Wildman–Crippen LogP) is 6.62. The summed E-state index contributed by atoms with van der Waals surface area (Å²) in [5.41, 5.74) is 0.383. The molecule has 4 rings (SSSR count). The monoisotopic (exact) mass is 544 g/mol. The van der Waals surface area contributed by atoms with Gasteiger partial charge in [-0.25, -0.2) is 18.4 Å². The summed E-state index contributed by atoms with van der Waals surface area (Å²) in [6, 6.07) is 10.3. The average molecular weight is 545 g/mol. The van der Waals surface area contributed by atoms with E-state index in [0.29, 0.717) is 43.5 Å². The lowest BCUT2D eigenvalue weighted by Gasteiger charge is -2.32. The van der Waals surface area contributed by atoms with E-state index in [0.717, 1.165) is 24.0 Å². The number of alkyl halides is 2. The molecule has 2 aliphatic rings. The first-order chi connectivity index (χ1) is 18.6. The van der Waals surface area contributed by atoms with E-state index in [-0.39, 0.29) is 18.5 Å². The molecular formula is C30H38F2N2O5. The Morgan fingerprint density at radius 3 is 2.18 bits per heavy atom. The molecule has 2 saturated carbocycles. The van der Waals surface area contributed by atoms with Crippen LogP contribution in [0, 0.1) is 0 Å². The second kappa shape index (κ2) is 11.8. The molecule has 0 aromatic heterocycles. The van der Waals surface area contributed by atoms with E-state index in [4.69, 9.17) is 9.47 Å². The van der Waals surface area contributed by atoms with Crippen LogP contribution in [0.1, 0.15) is 87.9 Å². The summed E-state index contributed by atoms with van der Waals surface area (Å²) in [5.74, 6) is -2.38. The number of urea groups is 1. The lowest BCUT2D eigenvalue weighted by Crippen LogP contribution is -2.50. The fraction of sp³-hybridized carbons (Fsp3) is 0.533. The van der Waals surface area contributed by atoms with E-state index in [1.54, 1.807) is 18.2 Å². The molecule has 2 aromatic carbocycles. The Labute approximate surface area is 228 Å². The Hall–Kier alpha value is -3.36. The zero-order valence-electron chi connectivity index (χ0n) is 22.8. The number of ether oxygens (including phenoxy) is 2. The number of nitrogens with one attached hydrogen (secondary N) is 1. The molecule has 1 atom stereocenters. The second-order valence-electron chi connectivity index (χ2n) is 10.4. The second-order valence-corrected chi connectivity index (χ2v) is 10.4. The summed E-state index contributed by atoms with van der Waals surface area (Å²) in [4.78, 5) is 26.7. The molecule has 9 heteroatoms. The van der Waals surface area contributed by atoms with Gasteiger partial charge in [-0.2, -0.15) is 0 Å². The summed E-state index contributed by atoms with van der Waals surface area (Å²) in [7, 11) is 0. The molecule has 0 radical (unpaired) electrons. The predicted molar refractivity (Wildman–Crippen MR) is 144 cm³/mol. The van der Waals surface area contributed by atoms with Gasteiger partial charge in [0.2, 0.25) is 0 Å². The number of hydrogen-bond acceptors (Lipinski definition) is 4. The van der Waals surface area contributed by atoms with Crippen molar-refractivity contribution in [1.82, 2.24) is 10.2 Å². The van der Waals surface area contributed by atoms with Gasteiger partial charge in [0, 0.05) is 24.1 Å². The van der Waals surface area contributed by atoms with Crippen LogP contribution in [0.2, 0.25) is 0 Å². The van der Waals surface area contributed by atoms with E-state index >= 15 is 0 Å². The summed E-state index contributed by atoms with van der Waals surface area (Å²) in [6.07, 6.45) is 2.35. The van der Waals surface area contributed by atoms with Crippen molar-refractivity contribution in [3.63, 3.8) is 0 Å². The van der Waals surface area contributed by atoms with Crippen LogP contribution in [-0.2, 0) is 10.7 Å². The third-order valence-electron chi connectivity index (χ3n) is 7.51. The van der Waals surface area contributed by atoms with Crippen LogP contribution >= 0.6 is 0 Å². The number of carbonyl (C=O) groups is 2. The molecule has 0 bridgehead atoms. The van der Waals surface area contributed by atoms with E-state index in [1.165, 1.54) is 17.0 Å². The average Bonchev–Trinajstić information content (AvgIpc) is 3.83. The minimum atomic E-state index is -3.05. The Morgan fingerprint density at radius 1 is 1.10 bits per heavy atom. The zero-order chi connectivity index (χ0) is 28.2. The van der Waals surface area contributed by atoms with E-state index in [9.17, 15) is 23.5 Å². The minimum absolute atomic E-state index is 0.0173. The number of hydrogen-bond donors (Lipinski definition) is 2. The number of rotatable bonds is 14. The smallest absolute Gasteiger partial charge is 0.329 e. The SMILES string of the molecule is CCOc1cc([C@@H](C)N(CCCC(F)(F)c2ccccc2)C(=O)NC2(C(=O)O)CC2)cc(OCC)c1C1CC1. The summed E-state index contributed by atoms with van der Waals surface area (Å²) in [5, 5.41) is 12.3. The van der Waals surface area contributed by atoms with Gasteiger partial charge in [-0.05, 0) is 76.5 Å². The minimum Gasteiger partial charge on any atom is -0.493 e. The molecular weight excluding hydrogens is 506 g/mol. The van der Waals surface area contributed by atoms with Gasteiger partial charge < -0.3 is 24.8 Å². The third kappa shape index (κ3) is 6.62. The van der Waals surface area contributed by atoms with Gasteiger partial charge in [-0.3, -0.25) is 0 Å². The van der Waals surface area contributed by atoms with Crippen molar-refractivity contribution in [2.45, 2.75) is 82.7 Å². The highest BCUT2D eigenvalue weighted by Gasteiger charge is 2.52. The molecule has 0 aliphatic heterocycles. The standard InChI is InChI=1S/C30H38F2N2O5/c1-4-38-24-18-22(19-25(39-5-2)26(24)21-12-13-21)20(3)34(28(37)33-29(15-16-29)27(35)36)17-9-14-30(31,32)23-10-7-6-8-11-23/h6-8,10-11,18-21H,4-5,9,12-17H2,1-3H3,(H,33,37)(H,35,36)/t20-/m1/s1. The van der Waals surface area contributed by atoms with Gasteiger partial charge >= 0.3 is 12.0 Å². The molecule has 0 unspecified atom stereocenters. The Kier molecular flexibility index (Phi) is 8.67. The maximum atomic E-state index is 14.9. The molecule has 212 valence electrons. The number of nitrogens with zero attached hydrogens (tertiary/aromatic N) is 1. The van der Waals surface area contributed by atoms with Crippen molar-refractivity contribution in [3.8, 4) is 11.5 Å². The van der Waals surface area contributed by atoms with Crippen LogP contribution in [0.3, 0.4) is 0 Å². The molecule has 0 heterocycles. The van der Waals surface area contributed by atoms with Crippen LogP contribution in [0.5, 0.6) is 11.5 Å². The first-order valence-corrected chi connectivity index (χ1v) is 13.8. The maximum Gasteiger partial charge on any atom is 0.329 e. The van der Waals surface area contributed by atoms with Crippen molar-refractivity contribution < 1.29 is 33.0 Å². The number of benzene rings is 2. The molecule has 0 saturated heterocycles. The highest BCUT2D eigenvalue weighted by molar-refractivity contribution is 5.89. The number of amides is 2. The van der Waals surface area contributed by atoms with Crippen molar-refractivity contribution in [2.75, 3.05) is 19.8 Å². The Morgan fingerprint density at radius 2 is 1.69 bits per heavy atom. The first kappa shape index (κ1) is 28.6. The van der Waals surface area contributed by atoms with E-state index in [2.05, 4.69) is 5.32 Å². The fourth-order valence-electron chi connectivity index (χ4n) is 4.93. The largest absolute Gasteiger partial charge is 0.493 e. The quantitative estimate of drug-likeness (QED) is 0.279. The van der Waals surface area contributed by atoms with Crippen LogP contribution in [0.4, 0.5) is 13.6 Å². The van der Waals surface area contributed by atoms with Gasteiger partial charge in [-0.15, -0.1) is 0 Å². The molecule has 7 nitrogen and oxygen atoms in total. The van der Waals surface area contributed by atoms with Crippen molar-refractivity contribution in [1.29, 1.82) is 0 Å². The zero-order valence-corrected chi connectivity index (χ0v) is 22.8. The summed E-state index contributed by atoms with van der Waals surface area (Å²) < 4.78 is 41.7.